The first-order valence-corrected chi connectivity index (χ1v) is 7.26. The molecule has 25 heavy (non-hydrogen) atoms. The molecule has 0 saturated carbocycles. The average Bonchev–Trinajstić information content (AvgIpc) is 2.64. The van der Waals surface area contributed by atoms with Gasteiger partial charge < -0.3 is 9.47 Å². The molecule has 0 fully saturated rings. The van der Waals surface area contributed by atoms with Gasteiger partial charge in [-0.3, -0.25) is 10.1 Å². The zero-order valence-corrected chi connectivity index (χ0v) is 13.4. The van der Waals surface area contributed by atoms with Crippen molar-refractivity contribution in [1.29, 1.82) is 0 Å². The van der Waals surface area contributed by atoms with Crippen molar-refractivity contribution in [2.24, 2.45) is 0 Å². The monoisotopic (exact) mass is 341 g/mol. The molecule has 0 aliphatic carbocycles. The number of methoxy groups -OCH3 is 1. The number of carbonyl (C=O) groups is 2. The first-order valence-electron chi connectivity index (χ1n) is 7.26. The second-order valence-electron chi connectivity index (χ2n) is 4.99. The zero-order valence-electron chi connectivity index (χ0n) is 13.4. The number of hydrogen-bond acceptors (Lipinski definition) is 6. The van der Waals surface area contributed by atoms with Gasteiger partial charge in [-0.1, -0.05) is 24.3 Å². The van der Waals surface area contributed by atoms with Crippen molar-refractivity contribution in [1.82, 2.24) is 0 Å². The molecule has 0 unspecified atom stereocenters. The van der Waals surface area contributed by atoms with Gasteiger partial charge in [0.1, 0.15) is 6.61 Å². The maximum Gasteiger partial charge on any atom is 0.337 e. The highest BCUT2D eigenvalue weighted by molar-refractivity contribution is 5.89. The van der Waals surface area contributed by atoms with Crippen LogP contribution in [0, 0.1) is 10.1 Å². The van der Waals surface area contributed by atoms with Crippen LogP contribution in [-0.4, -0.2) is 24.0 Å². The summed E-state index contributed by atoms with van der Waals surface area (Å²) >= 11 is 0. The second kappa shape index (κ2) is 8.39. The summed E-state index contributed by atoms with van der Waals surface area (Å²) in [6, 6.07) is 12.4. The Morgan fingerprint density at radius 3 is 2.64 bits per heavy atom. The Balaban J connectivity index is 1.96. The van der Waals surface area contributed by atoms with Crippen LogP contribution in [0.15, 0.2) is 54.6 Å². The van der Waals surface area contributed by atoms with Crippen LogP contribution < -0.4 is 0 Å². The number of nitro groups is 1. The van der Waals surface area contributed by atoms with Crippen LogP contribution in [0.4, 0.5) is 5.69 Å². The fraction of sp³-hybridized carbons (Fsp3) is 0.111. The van der Waals surface area contributed by atoms with E-state index in [0.717, 1.165) is 0 Å². The molecule has 0 bridgehead atoms. The first-order chi connectivity index (χ1) is 12.0. The summed E-state index contributed by atoms with van der Waals surface area (Å²) in [6.45, 7) is -0.0110. The Labute approximate surface area is 143 Å². The number of esters is 2. The number of nitrogens with zero attached hydrogens (tertiary/aromatic N) is 1. The molecule has 0 aliphatic rings. The van der Waals surface area contributed by atoms with Gasteiger partial charge >= 0.3 is 11.9 Å². The minimum absolute atomic E-state index is 0.0110. The van der Waals surface area contributed by atoms with E-state index < -0.39 is 16.9 Å². The van der Waals surface area contributed by atoms with Crippen LogP contribution in [0.1, 0.15) is 21.5 Å². The van der Waals surface area contributed by atoms with E-state index in [1.807, 2.05) is 0 Å². The lowest BCUT2D eigenvalue weighted by molar-refractivity contribution is -0.384. The van der Waals surface area contributed by atoms with E-state index in [-0.39, 0.29) is 12.3 Å². The van der Waals surface area contributed by atoms with Gasteiger partial charge in [0.25, 0.3) is 5.69 Å². The Bertz CT molecular complexity index is 828. The van der Waals surface area contributed by atoms with Crippen molar-refractivity contribution >= 4 is 23.7 Å². The van der Waals surface area contributed by atoms with Crippen LogP contribution in [0.2, 0.25) is 0 Å². The minimum atomic E-state index is -0.602. The molecule has 0 aromatic heterocycles. The molecule has 0 amide bonds. The summed E-state index contributed by atoms with van der Waals surface area (Å²) in [7, 11) is 1.29. The fourth-order valence-corrected chi connectivity index (χ4v) is 2.01. The summed E-state index contributed by atoms with van der Waals surface area (Å²) in [5.74, 6) is -1.08. The van der Waals surface area contributed by atoms with Crippen molar-refractivity contribution in [2.45, 2.75) is 6.61 Å². The van der Waals surface area contributed by atoms with Gasteiger partial charge in [-0.05, 0) is 29.3 Å². The van der Waals surface area contributed by atoms with E-state index in [1.165, 1.54) is 37.5 Å². The molecule has 0 radical (unpaired) electrons. The summed E-state index contributed by atoms with van der Waals surface area (Å²) in [5.41, 5.74) is 1.46. The molecule has 0 spiro atoms. The summed E-state index contributed by atoms with van der Waals surface area (Å²) < 4.78 is 9.71. The predicted molar refractivity (Wildman–Crippen MR) is 89.7 cm³/mol. The Morgan fingerprint density at radius 2 is 1.92 bits per heavy atom. The number of hydrogen-bond donors (Lipinski definition) is 0. The summed E-state index contributed by atoms with van der Waals surface area (Å²) in [6.07, 6.45) is 2.61. The van der Waals surface area contributed by atoms with Crippen molar-refractivity contribution in [2.75, 3.05) is 7.11 Å². The van der Waals surface area contributed by atoms with E-state index >= 15 is 0 Å². The lowest BCUT2D eigenvalue weighted by atomic mass is 10.1. The third kappa shape index (κ3) is 5.28. The third-order valence-corrected chi connectivity index (χ3v) is 3.22. The van der Waals surface area contributed by atoms with Gasteiger partial charge in [0.15, 0.2) is 0 Å². The standard InChI is InChI=1S/C18H15NO6/c1-24-18(21)15-6-2-5-14(10-15)12-25-17(20)9-8-13-4-3-7-16(11-13)19(22)23/h2-11H,12H2,1H3/b9-8+. The van der Waals surface area contributed by atoms with E-state index in [1.54, 1.807) is 30.3 Å². The Kier molecular flexibility index (Phi) is 6.00. The van der Waals surface area contributed by atoms with Gasteiger partial charge in [0.2, 0.25) is 0 Å². The van der Waals surface area contributed by atoms with Crippen molar-refractivity contribution in [3.63, 3.8) is 0 Å². The molecule has 128 valence electrons. The minimum Gasteiger partial charge on any atom is -0.465 e. The van der Waals surface area contributed by atoms with Crippen LogP contribution >= 0.6 is 0 Å². The topological polar surface area (TPSA) is 95.7 Å². The van der Waals surface area contributed by atoms with E-state index in [4.69, 9.17) is 4.74 Å². The number of rotatable bonds is 6. The van der Waals surface area contributed by atoms with E-state index in [9.17, 15) is 19.7 Å². The van der Waals surface area contributed by atoms with Crippen LogP contribution in [-0.2, 0) is 20.9 Å². The molecule has 0 N–H and O–H groups in total. The number of ether oxygens (including phenoxy) is 2. The fourth-order valence-electron chi connectivity index (χ4n) is 2.01. The van der Waals surface area contributed by atoms with Gasteiger partial charge in [0, 0.05) is 18.2 Å². The van der Waals surface area contributed by atoms with E-state index in [2.05, 4.69) is 4.74 Å². The molecule has 2 aromatic carbocycles. The highest BCUT2D eigenvalue weighted by Gasteiger charge is 2.07. The van der Waals surface area contributed by atoms with Crippen molar-refractivity contribution in [3.8, 4) is 0 Å². The SMILES string of the molecule is COC(=O)c1cccc(COC(=O)/C=C/c2cccc([N+](=O)[O-])c2)c1. The predicted octanol–water partition coefficient (Wildman–Crippen LogP) is 3.14. The highest BCUT2D eigenvalue weighted by Crippen LogP contribution is 2.14. The highest BCUT2D eigenvalue weighted by atomic mass is 16.6. The number of benzene rings is 2. The molecular formula is C18H15NO6. The van der Waals surface area contributed by atoms with Crippen molar-refractivity contribution < 1.29 is 24.0 Å². The molecule has 7 nitrogen and oxygen atoms in total. The average molecular weight is 341 g/mol. The quantitative estimate of drug-likeness (QED) is 0.347. The first kappa shape index (κ1) is 17.9. The van der Waals surface area contributed by atoms with Crippen LogP contribution in [0.25, 0.3) is 6.08 Å². The molecular weight excluding hydrogens is 326 g/mol. The number of non-ortho nitro benzene ring substituents is 1. The maximum absolute atomic E-state index is 11.7. The lowest BCUT2D eigenvalue weighted by Crippen LogP contribution is -2.04. The van der Waals surface area contributed by atoms with Gasteiger partial charge in [-0.2, -0.15) is 0 Å². The molecule has 0 atom stereocenters. The molecule has 0 aliphatic heterocycles. The molecule has 7 heteroatoms. The van der Waals surface area contributed by atoms with Gasteiger partial charge in [-0.25, -0.2) is 9.59 Å². The number of carbonyl (C=O) groups excluding carboxylic acids is 2. The smallest absolute Gasteiger partial charge is 0.337 e. The van der Waals surface area contributed by atoms with Crippen molar-refractivity contribution in [3.05, 3.63) is 81.4 Å². The molecule has 2 aromatic rings. The Morgan fingerprint density at radius 1 is 1.16 bits per heavy atom. The normalized spacial score (nSPS) is 10.4. The third-order valence-electron chi connectivity index (χ3n) is 3.22. The second-order valence-corrected chi connectivity index (χ2v) is 4.99. The van der Waals surface area contributed by atoms with E-state index in [0.29, 0.717) is 16.7 Å². The lowest BCUT2D eigenvalue weighted by Gasteiger charge is -2.04. The van der Waals surface area contributed by atoms with Gasteiger partial charge in [0.05, 0.1) is 17.6 Å². The number of nitro benzene ring substituents is 1. The van der Waals surface area contributed by atoms with Gasteiger partial charge in [-0.15, -0.1) is 0 Å². The molecule has 2 rings (SSSR count). The van der Waals surface area contributed by atoms with Crippen LogP contribution in [0.5, 0.6) is 0 Å². The maximum atomic E-state index is 11.7. The van der Waals surface area contributed by atoms with Crippen LogP contribution in [0.3, 0.4) is 0 Å². The summed E-state index contributed by atoms with van der Waals surface area (Å²) in [4.78, 5) is 33.4. The molecule has 0 heterocycles. The largest absolute Gasteiger partial charge is 0.465 e. The summed E-state index contributed by atoms with van der Waals surface area (Å²) in [5, 5.41) is 10.7. The zero-order chi connectivity index (χ0) is 18.2. The Hall–Kier alpha value is -3.48. The molecule has 0 saturated heterocycles.